The van der Waals surface area contributed by atoms with Crippen LogP contribution in [0.2, 0.25) is 0 Å². The lowest BCUT2D eigenvalue weighted by Crippen LogP contribution is -2.36. The maximum absolute atomic E-state index is 14.4. The third-order valence-electron chi connectivity index (χ3n) is 4.36. The van der Waals surface area contributed by atoms with E-state index in [-0.39, 0.29) is 12.4 Å². The minimum atomic E-state index is -0.389. The summed E-state index contributed by atoms with van der Waals surface area (Å²) in [6.07, 6.45) is 1.18. The van der Waals surface area contributed by atoms with Crippen molar-refractivity contribution >= 4 is 0 Å². The number of hydrogen-bond donors (Lipinski definition) is 1. The van der Waals surface area contributed by atoms with E-state index < -0.39 is 0 Å². The lowest BCUT2D eigenvalue weighted by atomic mass is 9.96. The Morgan fingerprint density at radius 1 is 1.12 bits per heavy atom. The molecule has 2 aromatic rings. The van der Waals surface area contributed by atoms with Crippen LogP contribution in [0.4, 0.5) is 4.39 Å². The number of halogens is 1. The Morgan fingerprint density at radius 2 is 1.80 bits per heavy atom. The van der Waals surface area contributed by atoms with Gasteiger partial charge in [-0.3, -0.25) is 4.90 Å². The largest absolute Gasteiger partial charge is 0.481 e. The molecule has 136 valence electrons. The highest BCUT2D eigenvalue weighted by molar-refractivity contribution is 5.69. The molecule has 0 radical (unpaired) electrons. The van der Waals surface area contributed by atoms with Crippen LogP contribution in [0.1, 0.15) is 38.8 Å². The molecule has 0 aliphatic rings. The first-order valence-corrected chi connectivity index (χ1v) is 8.55. The molecular formula is C20H27FN2O2. The summed E-state index contributed by atoms with van der Waals surface area (Å²) >= 11 is 0. The minimum absolute atomic E-state index is 0.0429. The molecule has 0 aliphatic heterocycles. The second kappa shape index (κ2) is 8.41. The summed E-state index contributed by atoms with van der Waals surface area (Å²) in [7, 11) is 1.51. The van der Waals surface area contributed by atoms with Crippen LogP contribution in [0, 0.1) is 5.82 Å². The predicted octanol–water partition coefficient (Wildman–Crippen LogP) is 4.01. The van der Waals surface area contributed by atoms with E-state index in [0.717, 1.165) is 16.7 Å². The van der Waals surface area contributed by atoms with Gasteiger partial charge in [0, 0.05) is 30.3 Å². The van der Waals surface area contributed by atoms with Crippen molar-refractivity contribution in [3.05, 3.63) is 47.4 Å². The molecule has 1 heterocycles. The smallest absolute Gasteiger partial charge is 0.213 e. The number of nitrogens with zero attached hydrogens (tertiary/aromatic N) is 2. The number of pyridine rings is 1. The molecular weight excluding hydrogens is 319 g/mol. The Kier molecular flexibility index (Phi) is 6.51. The maximum Gasteiger partial charge on any atom is 0.213 e. The Morgan fingerprint density at radius 3 is 2.36 bits per heavy atom. The first kappa shape index (κ1) is 19.3. The normalized spacial score (nSPS) is 11.6. The summed E-state index contributed by atoms with van der Waals surface area (Å²) < 4.78 is 19.6. The molecule has 0 bridgehead atoms. The Balaban J connectivity index is 2.55. The number of aliphatic hydroxyl groups is 1. The SMILES string of the molecule is COc1cc(-c2ccc(CO)cc2CN(C(C)C)C(C)C)c(F)cn1. The monoisotopic (exact) mass is 346 g/mol. The van der Waals surface area contributed by atoms with E-state index in [0.29, 0.717) is 30.1 Å². The lowest BCUT2D eigenvalue weighted by Gasteiger charge is -2.31. The van der Waals surface area contributed by atoms with Crippen LogP contribution in [0.3, 0.4) is 0 Å². The van der Waals surface area contributed by atoms with E-state index in [1.165, 1.54) is 13.3 Å². The van der Waals surface area contributed by atoms with Crippen LogP contribution in [0.25, 0.3) is 11.1 Å². The third kappa shape index (κ3) is 4.55. The standard InChI is InChI=1S/C20H27FN2O2/c1-13(2)23(14(3)4)11-16-8-15(12-24)6-7-17(16)18-9-20(25-5)22-10-19(18)21/h6-10,13-14,24H,11-12H2,1-5H3. The summed E-state index contributed by atoms with van der Waals surface area (Å²) in [4.78, 5) is 6.25. The molecule has 0 atom stereocenters. The zero-order valence-electron chi connectivity index (χ0n) is 15.6. The quantitative estimate of drug-likeness (QED) is 0.823. The van der Waals surface area contributed by atoms with Crippen molar-refractivity contribution in [2.45, 2.75) is 52.9 Å². The second-order valence-electron chi connectivity index (χ2n) is 6.72. The van der Waals surface area contributed by atoms with Gasteiger partial charge in [0.2, 0.25) is 5.88 Å². The van der Waals surface area contributed by atoms with Gasteiger partial charge in [-0.2, -0.15) is 0 Å². The molecule has 0 fully saturated rings. The Hall–Kier alpha value is -1.98. The second-order valence-corrected chi connectivity index (χ2v) is 6.72. The van der Waals surface area contributed by atoms with Gasteiger partial charge in [-0.05, 0) is 44.4 Å². The topological polar surface area (TPSA) is 45.6 Å². The molecule has 1 aromatic carbocycles. The molecule has 1 aromatic heterocycles. The van der Waals surface area contributed by atoms with E-state index in [1.807, 2.05) is 18.2 Å². The van der Waals surface area contributed by atoms with Crippen LogP contribution < -0.4 is 4.74 Å². The average molecular weight is 346 g/mol. The van der Waals surface area contributed by atoms with Crippen LogP contribution in [-0.2, 0) is 13.2 Å². The zero-order valence-corrected chi connectivity index (χ0v) is 15.6. The first-order valence-electron chi connectivity index (χ1n) is 8.55. The number of ether oxygens (including phenoxy) is 1. The summed E-state index contributed by atoms with van der Waals surface area (Å²) in [5.41, 5.74) is 3.04. The summed E-state index contributed by atoms with van der Waals surface area (Å²) in [6, 6.07) is 7.93. The van der Waals surface area contributed by atoms with E-state index in [1.54, 1.807) is 6.07 Å². The highest BCUT2D eigenvalue weighted by Gasteiger charge is 2.18. The van der Waals surface area contributed by atoms with Crippen LogP contribution in [0.15, 0.2) is 30.5 Å². The molecule has 5 heteroatoms. The fraction of sp³-hybridized carbons (Fsp3) is 0.450. The minimum Gasteiger partial charge on any atom is -0.481 e. The van der Waals surface area contributed by atoms with Gasteiger partial charge in [0.05, 0.1) is 19.9 Å². The van der Waals surface area contributed by atoms with Gasteiger partial charge in [-0.15, -0.1) is 0 Å². The molecule has 1 N–H and O–H groups in total. The molecule has 25 heavy (non-hydrogen) atoms. The van der Waals surface area contributed by atoms with Crippen LogP contribution >= 0.6 is 0 Å². The highest BCUT2D eigenvalue weighted by Crippen LogP contribution is 2.31. The Bertz CT molecular complexity index is 709. The van der Waals surface area contributed by atoms with E-state index in [9.17, 15) is 9.50 Å². The van der Waals surface area contributed by atoms with Gasteiger partial charge in [0.15, 0.2) is 0 Å². The fourth-order valence-electron chi connectivity index (χ4n) is 3.03. The molecule has 0 aliphatic carbocycles. The molecule has 0 unspecified atom stereocenters. The van der Waals surface area contributed by atoms with Gasteiger partial charge < -0.3 is 9.84 Å². The number of hydrogen-bond acceptors (Lipinski definition) is 4. The first-order chi connectivity index (χ1) is 11.9. The van der Waals surface area contributed by atoms with Crippen LogP contribution in [-0.4, -0.2) is 34.2 Å². The van der Waals surface area contributed by atoms with E-state index in [2.05, 4.69) is 37.6 Å². The number of aliphatic hydroxyl groups excluding tert-OH is 1. The van der Waals surface area contributed by atoms with Crippen molar-refractivity contribution in [3.63, 3.8) is 0 Å². The summed E-state index contributed by atoms with van der Waals surface area (Å²) in [5, 5.41) is 9.50. The molecule has 4 nitrogen and oxygen atoms in total. The summed E-state index contributed by atoms with van der Waals surface area (Å²) in [6.45, 7) is 9.20. The number of rotatable bonds is 7. The van der Waals surface area contributed by atoms with Crippen LogP contribution in [0.5, 0.6) is 5.88 Å². The van der Waals surface area contributed by atoms with Gasteiger partial charge >= 0.3 is 0 Å². The zero-order chi connectivity index (χ0) is 18.6. The molecule has 0 saturated heterocycles. The number of benzene rings is 1. The van der Waals surface area contributed by atoms with Gasteiger partial charge in [0.25, 0.3) is 0 Å². The molecule has 0 saturated carbocycles. The highest BCUT2D eigenvalue weighted by atomic mass is 19.1. The van der Waals surface area contributed by atoms with Gasteiger partial charge in [-0.1, -0.05) is 18.2 Å². The number of methoxy groups -OCH3 is 1. The average Bonchev–Trinajstić information content (AvgIpc) is 2.59. The molecule has 0 amide bonds. The van der Waals surface area contributed by atoms with Gasteiger partial charge in [-0.25, -0.2) is 9.37 Å². The Labute approximate surface area is 149 Å². The van der Waals surface area contributed by atoms with Crippen molar-refractivity contribution in [1.29, 1.82) is 0 Å². The summed E-state index contributed by atoms with van der Waals surface area (Å²) in [5.74, 6) is -0.0161. The predicted molar refractivity (Wildman–Crippen MR) is 97.9 cm³/mol. The van der Waals surface area contributed by atoms with Crippen molar-refractivity contribution in [2.75, 3.05) is 7.11 Å². The van der Waals surface area contributed by atoms with E-state index in [4.69, 9.17) is 4.74 Å². The number of aromatic nitrogens is 1. The molecule has 0 spiro atoms. The van der Waals surface area contributed by atoms with Crippen molar-refractivity contribution in [3.8, 4) is 17.0 Å². The third-order valence-corrected chi connectivity index (χ3v) is 4.36. The maximum atomic E-state index is 14.4. The van der Waals surface area contributed by atoms with Crippen molar-refractivity contribution in [1.82, 2.24) is 9.88 Å². The van der Waals surface area contributed by atoms with Crippen molar-refractivity contribution < 1.29 is 14.2 Å². The van der Waals surface area contributed by atoms with Crippen molar-refractivity contribution in [2.24, 2.45) is 0 Å². The van der Waals surface area contributed by atoms with E-state index >= 15 is 0 Å². The fourth-order valence-corrected chi connectivity index (χ4v) is 3.03. The lowest BCUT2D eigenvalue weighted by molar-refractivity contribution is 0.166. The van der Waals surface area contributed by atoms with Gasteiger partial charge in [0.1, 0.15) is 5.82 Å². The molecule has 2 rings (SSSR count).